The van der Waals surface area contributed by atoms with Crippen LogP contribution in [0.15, 0.2) is 36.4 Å². The van der Waals surface area contributed by atoms with E-state index in [2.05, 4.69) is 27.2 Å². The van der Waals surface area contributed by atoms with E-state index in [1.165, 1.54) is 12.8 Å². The van der Waals surface area contributed by atoms with Crippen molar-refractivity contribution in [3.63, 3.8) is 0 Å². The Hall–Kier alpha value is -2.43. The molecule has 0 spiro atoms. The van der Waals surface area contributed by atoms with Gasteiger partial charge in [-0.2, -0.15) is 5.10 Å². The van der Waals surface area contributed by atoms with Gasteiger partial charge in [0.25, 0.3) is 5.91 Å². The predicted octanol–water partition coefficient (Wildman–Crippen LogP) is 2.62. The van der Waals surface area contributed by atoms with Gasteiger partial charge in [0.2, 0.25) is 0 Å². The van der Waals surface area contributed by atoms with Crippen molar-refractivity contribution in [2.75, 3.05) is 31.1 Å². The van der Waals surface area contributed by atoms with Crippen LogP contribution in [0.25, 0.3) is 0 Å². The molecule has 0 N–H and O–H groups in total. The lowest BCUT2D eigenvalue weighted by Gasteiger charge is -2.35. The highest BCUT2D eigenvalue weighted by Crippen LogP contribution is 2.38. The summed E-state index contributed by atoms with van der Waals surface area (Å²) < 4.78 is 0. The van der Waals surface area contributed by atoms with E-state index in [0.29, 0.717) is 5.92 Å². The van der Waals surface area contributed by atoms with Gasteiger partial charge in [0.15, 0.2) is 5.82 Å². The minimum absolute atomic E-state index is 0.119. The summed E-state index contributed by atoms with van der Waals surface area (Å²) >= 11 is 0. The lowest BCUT2D eigenvalue weighted by molar-refractivity contribution is 0.0746. The molecule has 1 saturated heterocycles. The van der Waals surface area contributed by atoms with Crippen molar-refractivity contribution in [3.8, 4) is 0 Å². The van der Waals surface area contributed by atoms with E-state index in [4.69, 9.17) is 0 Å². The molecule has 5 heteroatoms. The average molecular weight is 322 g/mol. The number of hydrogen-bond acceptors (Lipinski definition) is 4. The molecule has 1 aliphatic heterocycles. The SMILES string of the molecule is Cc1cccc(C(=O)N2CCN(c3ccc(C4CC4)nn3)CC2)c1. The molecule has 0 unspecified atom stereocenters. The van der Waals surface area contributed by atoms with Crippen LogP contribution >= 0.6 is 0 Å². The van der Waals surface area contributed by atoms with Crippen molar-refractivity contribution >= 4 is 11.7 Å². The van der Waals surface area contributed by atoms with Gasteiger partial charge in [0.1, 0.15) is 0 Å². The first kappa shape index (κ1) is 15.1. The average Bonchev–Trinajstić information content (AvgIpc) is 3.47. The van der Waals surface area contributed by atoms with E-state index in [1.54, 1.807) is 0 Å². The van der Waals surface area contributed by atoms with Gasteiger partial charge < -0.3 is 9.80 Å². The molecule has 24 heavy (non-hydrogen) atoms. The first-order chi connectivity index (χ1) is 11.7. The summed E-state index contributed by atoms with van der Waals surface area (Å²) in [5, 5.41) is 8.73. The molecule has 0 atom stereocenters. The first-order valence-corrected chi connectivity index (χ1v) is 8.65. The standard InChI is InChI=1S/C19H22N4O/c1-14-3-2-4-16(13-14)19(24)23-11-9-22(10-12-23)18-8-7-17(20-21-18)15-5-6-15/h2-4,7-8,13,15H,5-6,9-12H2,1H3. The number of aryl methyl sites for hydroxylation is 1. The minimum atomic E-state index is 0.119. The molecule has 2 heterocycles. The fourth-order valence-corrected chi connectivity index (χ4v) is 3.20. The van der Waals surface area contributed by atoms with Crippen LogP contribution in [0, 0.1) is 6.92 Å². The van der Waals surface area contributed by atoms with Crippen molar-refractivity contribution < 1.29 is 4.79 Å². The third-order valence-electron chi connectivity index (χ3n) is 4.82. The highest BCUT2D eigenvalue weighted by atomic mass is 16.2. The third-order valence-corrected chi connectivity index (χ3v) is 4.82. The molecule has 2 fully saturated rings. The van der Waals surface area contributed by atoms with Crippen LogP contribution in [-0.4, -0.2) is 47.2 Å². The number of carbonyl (C=O) groups is 1. The fourth-order valence-electron chi connectivity index (χ4n) is 3.20. The maximum absolute atomic E-state index is 12.6. The molecule has 2 aromatic rings. The number of carbonyl (C=O) groups excluding carboxylic acids is 1. The van der Waals surface area contributed by atoms with E-state index >= 15 is 0 Å². The zero-order chi connectivity index (χ0) is 16.5. The number of piperazine rings is 1. The van der Waals surface area contributed by atoms with Crippen LogP contribution in [0.3, 0.4) is 0 Å². The highest BCUT2D eigenvalue weighted by Gasteiger charge is 2.26. The number of anilines is 1. The lowest BCUT2D eigenvalue weighted by Crippen LogP contribution is -2.49. The van der Waals surface area contributed by atoms with E-state index in [9.17, 15) is 4.79 Å². The topological polar surface area (TPSA) is 49.3 Å². The first-order valence-electron chi connectivity index (χ1n) is 8.65. The Labute approximate surface area is 142 Å². The number of amides is 1. The monoisotopic (exact) mass is 322 g/mol. The number of rotatable bonds is 3. The molecule has 0 radical (unpaired) electrons. The number of nitrogens with zero attached hydrogens (tertiary/aromatic N) is 4. The summed E-state index contributed by atoms with van der Waals surface area (Å²) in [5.41, 5.74) is 3.01. The van der Waals surface area contributed by atoms with Crippen LogP contribution in [0.2, 0.25) is 0 Å². The second kappa shape index (κ2) is 6.23. The van der Waals surface area contributed by atoms with Gasteiger partial charge in [-0.15, -0.1) is 5.10 Å². The summed E-state index contributed by atoms with van der Waals surface area (Å²) in [7, 11) is 0. The van der Waals surface area contributed by atoms with Crippen molar-refractivity contribution in [2.24, 2.45) is 0 Å². The summed E-state index contributed by atoms with van der Waals surface area (Å²) in [6.45, 7) is 5.06. The Kier molecular flexibility index (Phi) is 3.92. The van der Waals surface area contributed by atoms with Gasteiger partial charge in [0, 0.05) is 37.7 Å². The van der Waals surface area contributed by atoms with E-state index < -0.39 is 0 Å². The predicted molar refractivity (Wildman–Crippen MR) is 93.3 cm³/mol. The summed E-state index contributed by atoms with van der Waals surface area (Å²) in [4.78, 5) is 16.7. The van der Waals surface area contributed by atoms with E-state index in [-0.39, 0.29) is 5.91 Å². The quantitative estimate of drug-likeness (QED) is 0.871. The maximum atomic E-state index is 12.6. The van der Waals surface area contributed by atoms with Crippen molar-refractivity contribution in [2.45, 2.75) is 25.7 Å². The van der Waals surface area contributed by atoms with Crippen LogP contribution in [0.1, 0.15) is 40.4 Å². The molecule has 4 rings (SSSR count). The molecule has 1 saturated carbocycles. The second-order valence-electron chi connectivity index (χ2n) is 6.74. The van der Waals surface area contributed by atoms with Crippen LogP contribution in [-0.2, 0) is 0 Å². The molecule has 1 aromatic heterocycles. The number of aromatic nitrogens is 2. The van der Waals surface area contributed by atoms with Gasteiger partial charge in [-0.3, -0.25) is 4.79 Å². The molecule has 0 bridgehead atoms. The fraction of sp³-hybridized carbons (Fsp3) is 0.421. The zero-order valence-electron chi connectivity index (χ0n) is 14.0. The van der Waals surface area contributed by atoms with Crippen molar-refractivity contribution in [3.05, 3.63) is 53.2 Å². The highest BCUT2D eigenvalue weighted by molar-refractivity contribution is 5.94. The third kappa shape index (κ3) is 3.11. The molecule has 1 aromatic carbocycles. The summed E-state index contributed by atoms with van der Waals surface area (Å²) in [6.07, 6.45) is 2.49. The zero-order valence-corrected chi connectivity index (χ0v) is 14.0. The maximum Gasteiger partial charge on any atom is 0.253 e. The summed E-state index contributed by atoms with van der Waals surface area (Å²) in [6, 6.07) is 12.0. The van der Waals surface area contributed by atoms with Crippen LogP contribution in [0.4, 0.5) is 5.82 Å². The Morgan fingerprint density at radius 1 is 1.04 bits per heavy atom. The van der Waals surface area contributed by atoms with Crippen molar-refractivity contribution in [1.29, 1.82) is 0 Å². The Balaban J connectivity index is 1.38. The Morgan fingerprint density at radius 3 is 2.46 bits per heavy atom. The molecule has 2 aliphatic rings. The lowest BCUT2D eigenvalue weighted by atomic mass is 10.1. The summed E-state index contributed by atoms with van der Waals surface area (Å²) in [5.74, 6) is 1.67. The normalized spacial score (nSPS) is 17.9. The van der Waals surface area contributed by atoms with E-state index in [1.807, 2.05) is 36.1 Å². The van der Waals surface area contributed by atoms with Gasteiger partial charge in [-0.25, -0.2) is 0 Å². The van der Waals surface area contributed by atoms with Crippen LogP contribution in [0.5, 0.6) is 0 Å². The van der Waals surface area contributed by atoms with Gasteiger partial charge in [0.05, 0.1) is 5.69 Å². The molecular formula is C19H22N4O. The minimum Gasteiger partial charge on any atom is -0.352 e. The molecule has 1 aliphatic carbocycles. The van der Waals surface area contributed by atoms with Crippen LogP contribution < -0.4 is 4.90 Å². The smallest absolute Gasteiger partial charge is 0.253 e. The van der Waals surface area contributed by atoms with Gasteiger partial charge in [-0.05, 0) is 44.0 Å². The Morgan fingerprint density at radius 2 is 1.83 bits per heavy atom. The van der Waals surface area contributed by atoms with Gasteiger partial charge in [-0.1, -0.05) is 17.7 Å². The molecule has 1 amide bonds. The number of benzene rings is 1. The second-order valence-corrected chi connectivity index (χ2v) is 6.74. The Bertz CT molecular complexity index is 731. The largest absolute Gasteiger partial charge is 0.352 e. The van der Waals surface area contributed by atoms with Crippen molar-refractivity contribution in [1.82, 2.24) is 15.1 Å². The molecule has 124 valence electrons. The molecular weight excluding hydrogens is 300 g/mol. The van der Waals surface area contributed by atoms with Gasteiger partial charge >= 0.3 is 0 Å². The van der Waals surface area contributed by atoms with E-state index in [0.717, 1.165) is 48.8 Å². The molecule has 5 nitrogen and oxygen atoms in total. The number of hydrogen-bond donors (Lipinski definition) is 0.